The summed E-state index contributed by atoms with van der Waals surface area (Å²) in [5.74, 6) is 0.137. The van der Waals surface area contributed by atoms with Gasteiger partial charge in [0.05, 0.1) is 17.6 Å². The van der Waals surface area contributed by atoms with Crippen LogP contribution in [0.25, 0.3) is 0 Å². The Morgan fingerprint density at radius 1 is 1.53 bits per heavy atom. The summed E-state index contributed by atoms with van der Waals surface area (Å²) in [5, 5.41) is 14.1. The van der Waals surface area contributed by atoms with Crippen molar-refractivity contribution >= 4 is 23.1 Å². The average Bonchev–Trinajstić information content (AvgIpc) is 2.27. The first-order chi connectivity index (χ1) is 8.99. The minimum Gasteiger partial charge on any atom is -0.383 e. The molecule has 0 aromatic carbocycles. The number of hydrogen-bond acceptors (Lipinski definition) is 6. The van der Waals surface area contributed by atoms with E-state index in [9.17, 15) is 10.1 Å². The van der Waals surface area contributed by atoms with Crippen molar-refractivity contribution in [1.29, 1.82) is 0 Å². The van der Waals surface area contributed by atoms with E-state index in [0.29, 0.717) is 6.61 Å². The van der Waals surface area contributed by atoms with Crippen LogP contribution in [-0.2, 0) is 4.74 Å². The van der Waals surface area contributed by atoms with E-state index >= 15 is 0 Å². The predicted molar refractivity (Wildman–Crippen MR) is 72.6 cm³/mol. The number of nitrogens with one attached hydrogen (secondary N) is 1. The second-order valence-corrected chi connectivity index (χ2v) is 4.46. The molecule has 0 aliphatic heterocycles. The number of nitrogens with zero attached hydrogens (tertiary/aromatic N) is 3. The van der Waals surface area contributed by atoms with Crippen LogP contribution < -0.4 is 5.32 Å². The quantitative estimate of drug-likeness (QED) is 0.471. The number of aromatic nitrogens is 2. The highest BCUT2D eigenvalue weighted by molar-refractivity contribution is 6.28. The maximum atomic E-state index is 11.1. The van der Waals surface area contributed by atoms with Gasteiger partial charge in [-0.05, 0) is 24.9 Å². The molecule has 0 saturated heterocycles. The largest absolute Gasteiger partial charge is 0.383 e. The van der Waals surface area contributed by atoms with Crippen molar-refractivity contribution in [2.45, 2.75) is 32.7 Å². The molecule has 0 saturated carbocycles. The molecule has 0 aliphatic carbocycles. The van der Waals surface area contributed by atoms with Crippen LogP contribution in [0.3, 0.4) is 0 Å². The highest BCUT2D eigenvalue weighted by Gasteiger charge is 2.23. The summed E-state index contributed by atoms with van der Waals surface area (Å²) in [5.41, 5.74) is 0.0850. The van der Waals surface area contributed by atoms with E-state index in [-0.39, 0.29) is 28.5 Å². The summed E-state index contributed by atoms with van der Waals surface area (Å²) in [7, 11) is 1.58. The number of aryl methyl sites for hydroxylation is 1. The van der Waals surface area contributed by atoms with Crippen molar-refractivity contribution in [3.05, 3.63) is 21.1 Å². The van der Waals surface area contributed by atoms with E-state index in [2.05, 4.69) is 15.3 Å². The fourth-order valence-electron chi connectivity index (χ4n) is 1.79. The Morgan fingerprint density at radius 2 is 2.21 bits per heavy atom. The third-order valence-electron chi connectivity index (χ3n) is 2.56. The zero-order valence-electron chi connectivity index (χ0n) is 11.1. The van der Waals surface area contributed by atoms with Gasteiger partial charge in [0.1, 0.15) is 5.69 Å². The van der Waals surface area contributed by atoms with E-state index < -0.39 is 4.92 Å². The molecule has 1 heterocycles. The normalized spacial score (nSPS) is 12.2. The SMILES string of the molecule is CCCC(COC)Nc1nc(Cl)nc(C)c1[N+](=O)[O-]. The third kappa shape index (κ3) is 4.29. The summed E-state index contributed by atoms with van der Waals surface area (Å²) < 4.78 is 5.08. The highest BCUT2D eigenvalue weighted by atomic mass is 35.5. The fourth-order valence-corrected chi connectivity index (χ4v) is 2.00. The van der Waals surface area contributed by atoms with Crippen LogP contribution in [0.15, 0.2) is 0 Å². The Bertz CT molecular complexity index is 450. The van der Waals surface area contributed by atoms with E-state index in [4.69, 9.17) is 16.3 Å². The molecule has 19 heavy (non-hydrogen) atoms. The molecule has 1 N–H and O–H groups in total. The second kappa shape index (κ2) is 7.20. The topological polar surface area (TPSA) is 90.2 Å². The zero-order chi connectivity index (χ0) is 14.4. The summed E-state index contributed by atoms with van der Waals surface area (Å²) >= 11 is 5.75. The second-order valence-electron chi connectivity index (χ2n) is 4.12. The first-order valence-electron chi connectivity index (χ1n) is 5.93. The molecule has 0 spiro atoms. The molecular formula is C11H17ClN4O3. The van der Waals surface area contributed by atoms with E-state index in [1.165, 1.54) is 6.92 Å². The number of methoxy groups -OCH3 is 1. The van der Waals surface area contributed by atoms with Crippen LogP contribution >= 0.6 is 11.6 Å². The van der Waals surface area contributed by atoms with Gasteiger partial charge >= 0.3 is 5.69 Å². The highest BCUT2D eigenvalue weighted by Crippen LogP contribution is 2.27. The van der Waals surface area contributed by atoms with Crippen LogP contribution in [0, 0.1) is 17.0 Å². The Balaban J connectivity index is 3.06. The Morgan fingerprint density at radius 3 is 2.74 bits per heavy atom. The average molecular weight is 289 g/mol. The van der Waals surface area contributed by atoms with Crippen molar-refractivity contribution in [2.24, 2.45) is 0 Å². The number of ether oxygens (including phenoxy) is 1. The Hall–Kier alpha value is -1.47. The molecule has 1 atom stereocenters. The van der Waals surface area contributed by atoms with Gasteiger partial charge in [-0.1, -0.05) is 13.3 Å². The van der Waals surface area contributed by atoms with Crippen molar-refractivity contribution in [3.63, 3.8) is 0 Å². The smallest absolute Gasteiger partial charge is 0.332 e. The van der Waals surface area contributed by atoms with Gasteiger partial charge in [-0.2, -0.15) is 4.98 Å². The lowest BCUT2D eigenvalue weighted by Gasteiger charge is -2.17. The zero-order valence-corrected chi connectivity index (χ0v) is 11.9. The van der Waals surface area contributed by atoms with Crippen LogP contribution in [0.4, 0.5) is 11.5 Å². The maximum absolute atomic E-state index is 11.1. The number of nitro groups is 1. The van der Waals surface area contributed by atoms with Gasteiger partial charge in [0.25, 0.3) is 0 Å². The van der Waals surface area contributed by atoms with Gasteiger partial charge in [0.15, 0.2) is 0 Å². The van der Waals surface area contributed by atoms with Crippen molar-refractivity contribution in [3.8, 4) is 0 Å². The molecule has 0 fully saturated rings. The standard InChI is InChI=1S/C11H17ClN4O3/c1-4-5-8(6-19-3)14-10-9(16(17)18)7(2)13-11(12)15-10/h8H,4-6H2,1-3H3,(H,13,14,15). The van der Waals surface area contributed by atoms with Gasteiger partial charge in [0.2, 0.25) is 11.1 Å². The minimum atomic E-state index is -0.510. The van der Waals surface area contributed by atoms with Crippen molar-refractivity contribution in [1.82, 2.24) is 9.97 Å². The van der Waals surface area contributed by atoms with Gasteiger partial charge in [-0.3, -0.25) is 10.1 Å². The predicted octanol–water partition coefficient (Wildman–Crippen LogP) is 2.57. The Labute approximate surface area is 116 Å². The van der Waals surface area contributed by atoms with Gasteiger partial charge < -0.3 is 10.1 Å². The fraction of sp³-hybridized carbons (Fsp3) is 0.636. The lowest BCUT2D eigenvalue weighted by molar-refractivity contribution is -0.385. The molecule has 0 amide bonds. The van der Waals surface area contributed by atoms with Crippen LogP contribution in [0.5, 0.6) is 0 Å². The monoisotopic (exact) mass is 288 g/mol. The molecule has 0 radical (unpaired) electrons. The van der Waals surface area contributed by atoms with Gasteiger partial charge in [0, 0.05) is 7.11 Å². The van der Waals surface area contributed by atoms with Gasteiger partial charge in [-0.25, -0.2) is 4.98 Å². The number of hydrogen-bond donors (Lipinski definition) is 1. The lowest BCUT2D eigenvalue weighted by Crippen LogP contribution is -2.26. The van der Waals surface area contributed by atoms with Crippen LogP contribution in [-0.4, -0.2) is 34.6 Å². The molecule has 1 aromatic rings. The molecule has 0 bridgehead atoms. The van der Waals surface area contributed by atoms with Gasteiger partial charge in [-0.15, -0.1) is 0 Å². The molecule has 0 aliphatic rings. The summed E-state index contributed by atoms with van der Waals surface area (Å²) in [6, 6.07) is -0.0564. The van der Waals surface area contributed by atoms with Crippen LogP contribution in [0.2, 0.25) is 5.28 Å². The molecule has 1 aromatic heterocycles. The lowest BCUT2D eigenvalue weighted by atomic mass is 10.2. The first-order valence-corrected chi connectivity index (χ1v) is 6.31. The molecule has 1 rings (SSSR count). The van der Waals surface area contributed by atoms with Crippen molar-refractivity contribution in [2.75, 3.05) is 19.0 Å². The molecule has 7 nitrogen and oxygen atoms in total. The van der Waals surface area contributed by atoms with E-state index in [1.54, 1.807) is 7.11 Å². The van der Waals surface area contributed by atoms with E-state index in [0.717, 1.165) is 12.8 Å². The summed E-state index contributed by atoms with van der Waals surface area (Å²) in [6.07, 6.45) is 1.73. The summed E-state index contributed by atoms with van der Waals surface area (Å²) in [6.45, 7) is 3.99. The number of halogens is 1. The molecular weight excluding hydrogens is 272 g/mol. The third-order valence-corrected chi connectivity index (χ3v) is 2.73. The van der Waals surface area contributed by atoms with Crippen molar-refractivity contribution < 1.29 is 9.66 Å². The van der Waals surface area contributed by atoms with E-state index in [1.807, 2.05) is 6.92 Å². The molecule has 1 unspecified atom stereocenters. The minimum absolute atomic E-state index is 0.0155. The number of anilines is 1. The number of rotatable bonds is 7. The maximum Gasteiger partial charge on any atom is 0.332 e. The first kappa shape index (κ1) is 15.6. The Kier molecular flexibility index (Phi) is 5.91. The van der Waals surface area contributed by atoms with Crippen LogP contribution in [0.1, 0.15) is 25.5 Å². The molecule has 8 heteroatoms. The summed E-state index contributed by atoms with van der Waals surface area (Å²) in [4.78, 5) is 18.3. The molecule has 106 valence electrons.